The third kappa shape index (κ3) is 1.14. The second-order valence-electron chi connectivity index (χ2n) is 4.32. The summed E-state index contributed by atoms with van der Waals surface area (Å²) in [6.07, 6.45) is 4.81. The molecule has 0 aromatic heterocycles. The lowest BCUT2D eigenvalue weighted by molar-refractivity contribution is 0.379. The molecule has 1 aromatic carbocycles. The summed E-state index contributed by atoms with van der Waals surface area (Å²) in [5.74, 6) is 0.439. The molecule has 1 aromatic rings. The summed E-state index contributed by atoms with van der Waals surface area (Å²) >= 11 is 0. The van der Waals surface area contributed by atoms with Crippen LogP contribution in [0.3, 0.4) is 0 Å². The van der Waals surface area contributed by atoms with Crippen molar-refractivity contribution in [3.63, 3.8) is 0 Å². The smallest absolute Gasteiger partial charge is 0.116 e. The lowest BCUT2D eigenvalue weighted by Gasteiger charge is -2.30. The molecule has 74 valence electrons. The van der Waals surface area contributed by atoms with Crippen molar-refractivity contribution in [2.24, 2.45) is 0 Å². The van der Waals surface area contributed by atoms with E-state index in [9.17, 15) is 5.11 Å². The van der Waals surface area contributed by atoms with Crippen LogP contribution in [0, 0.1) is 0 Å². The van der Waals surface area contributed by atoms with E-state index < -0.39 is 0 Å². The molecule has 1 atom stereocenters. The monoisotopic (exact) mass is 189 g/mol. The summed E-state index contributed by atoms with van der Waals surface area (Å²) in [7, 11) is 0. The highest BCUT2D eigenvalue weighted by atomic mass is 16.3. The molecule has 1 aliphatic heterocycles. The lowest BCUT2D eigenvalue weighted by Crippen LogP contribution is -2.35. The fourth-order valence-electron chi connectivity index (χ4n) is 2.59. The maximum atomic E-state index is 9.62. The molecule has 2 heteroatoms. The highest BCUT2D eigenvalue weighted by molar-refractivity contribution is 5.46. The van der Waals surface area contributed by atoms with Crippen molar-refractivity contribution in [2.45, 2.75) is 31.7 Å². The van der Waals surface area contributed by atoms with E-state index in [1.165, 1.54) is 36.0 Å². The van der Waals surface area contributed by atoms with E-state index >= 15 is 0 Å². The minimum Gasteiger partial charge on any atom is -0.508 e. The number of aryl methyl sites for hydroxylation is 1. The molecule has 1 aliphatic carbocycles. The molecule has 1 unspecified atom stereocenters. The Balaban J connectivity index is 2.08. The number of fused-ring (bicyclic) bond motifs is 1. The van der Waals surface area contributed by atoms with Crippen LogP contribution >= 0.6 is 0 Å². The maximum absolute atomic E-state index is 9.62. The van der Waals surface area contributed by atoms with Crippen LogP contribution in [0.15, 0.2) is 12.1 Å². The van der Waals surface area contributed by atoms with Gasteiger partial charge in [0, 0.05) is 6.04 Å². The van der Waals surface area contributed by atoms with Gasteiger partial charge in [-0.25, -0.2) is 0 Å². The van der Waals surface area contributed by atoms with Gasteiger partial charge < -0.3 is 10.4 Å². The van der Waals surface area contributed by atoms with Crippen molar-refractivity contribution in [1.29, 1.82) is 0 Å². The van der Waals surface area contributed by atoms with Crippen molar-refractivity contribution in [3.05, 3.63) is 28.8 Å². The van der Waals surface area contributed by atoms with E-state index in [-0.39, 0.29) is 0 Å². The summed E-state index contributed by atoms with van der Waals surface area (Å²) in [5, 5.41) is 13.0. The summed E-state index contributed by atoms with van der Waals surface area (Å²) in [6.45, 7) is 1.12. The maximum Gasteiger partial charge on any atom is 0.116 e. The number of phenols is 1. The Morgan fingerprint density at radius 2 is 2.14 bits per heavy atom. The van der Waals surface area contributed by atoms with Crippen LogP contribution in [0.4, 0.5) is 0 Å². The van der Waals surface area contributed by atoms with Crippen LogP contribution in [-0.4, -0.2) is 11.7 Å². The van der Waals surface area contributed by atoms with Gasteiger partial charge in [-0.1, -0.05) is 0 Å². The third-order valence-electron chi connectivity index (χ3n) is 3.43. The average molecular weight is 189 g/mol. The number of nitrogens with one attached hydrogen (secondary N) is 1. The van der Waals surface area contributed by atoms with E-state index in [1.807, 2.05) is 12.1 Å². The van der Waals surface area contributed by atoms with Crippen LogP contribution in [0.5, 0.6) is 5.75 Å². The minimum absolute atomic E-state index is 0.439. The Morgan fingerprint density at radius 3 is 2.86 bits per heavy atom. The quantitative estimate of drug-likeness (QED) is 0.707. The van der Waals surface area contributed by atoms with E-state index in [1.54, 1.807) is 0 Å². The number of hydrogen-bond acceptors (Lipinski definition) is 2. The number of phenolic OH excluding ortho intramolecular Hbond substituents is 1. The molecular weight excluding hydrogens is 174 g/mol. The van der Waals surface area contributed by atoms with Crippen molar-refractivity contribution < 1.29 is 5.11 Å². The number of hydrogen-bond donors (Lipinski definition) is 2. The molecule has 2 nitrogen and oxygen atoms in total. The van der Waals surface area contributed by atoms with E-state index in [0.717, 1.165) is 13.0 Å². The SMILES string of the molecule is Oc1cc2c(c(C3CCN3)c1)CCC2. The Kier molecular flexibility index (Phi) is 1.77. The molecule has 0 radical (unpaired) electrons. The zero-order valence-corrected chi connectivity index (χ0v) is 8.21. The highest BCUT2D eigenvalue weighted by Gasteiger charge is 2.25. The van der Waals surface area contributed by atoms with Crippen LogP contribution in [0.1, 0.15) is 35.6 Å². The molecule has 0 saturated carbocycles. The molecule has 2 aliphatic rings. The van der Waals surface area contributed by atoms with Crippen molar-refractivity contribution >= 4 is 0 Å². The van der Waals surface area contributed by atoms with Gasteiger partial charge in [0.25, 0.3) is 0 Å². The second-order valence-corrected chi connectivity index (χ2v) is 4.32. The fraction of sp³-hybridized carbons (Fsp3) is 0.500. The molecule has 0 bridgehead atoms. The number of benzene rings is 1. The molecule has 0 amide bonds. The zero-order chi connectivity index (χ0) is 9.54. The van der Waals surface area contributed by atoms with Crippen LogP contribution in [0.25, 0.3) is 0 Å². The molecule has 1 saturated heterocycles. The predicted octanol–water partition coefficient (Wildman–Crippen LogP) is 1.92. The van der Waals surface area contributed by atoms with Crippen molar-refractivity contribution in [2.75, 3.05) is 6.54 Å². The van der Waals surface area contributed by atoms with Crippen molar-refractivity contribution in [1.82, 2.24) is 5.32 Å². The van der Waals surface area contributed by atoms with Gasteiger partial charge in [0.1, 0.15) is 5.75 Å². The molecular formula is C12H15NO. The van der Waals surface area contributed by atoms with Gasteiger partial charge in [0.2, 0.25) is 0 Å². The number of rotatable bonds is 1. The van der Waals surface area contributed by atoms with Crippen LogP contribution in [-0.2, 0) is 12.8 Å². The highest BCUT2D eigenvalue weighted by Crippen LogP contribution is 2.35. The van der Waals surface area contributed by atoms with E-state index in [2.05, 4.69) is 5.32 Å². The largest absolute Gasteiger partial charge is 0.508 e. The first-order valence-electron chi connectivity index (χ1n) is 5.42. The van der Waals surface area contributed by atoms with Gasteiger partial charge in [0.05, 0.1) is 0 Å². The molecule has 3 rings (SSSR count). The molecule has 0 spiro atoms. The molecule has 2 N–H and O–H groups in total. The van der Waals surface area contributed by atoms with Crippen molar-refractivity contribution in [3.8, 4) is 5.75 Å². The van der Waals surface area contributed by atoms with Crippen LogP contribution in [0.2, 0.25) is 0 Å². The zero-order valence-electron chi connectivity index (χ0n) is 8.21. The third-order valence-corrected chi connectivity index (χ3v) is 3.43. The Morgan fingerprint density at radius 1 is 1.29 bits per heavy atom. The summed E-state index contributed by atoms with van der Waals surface area (Å²) in [6, 6.07) is 4.39. The summed E-state index contributed by atoms with van der Waals surface area (Å²) in [5.41, 5.74) is 4.22. The second kappa shape index (κ2) is 2.99. The topological polar surface area (TPSA) is 32.3 Å². The van der Waals surface area contributed by atoms with Crippen LogP contribution < -0.4 is 5.32 Å². The normalized spacial score (nSPS) is 24.4. The van der Waals surface area contributed by atoms with Gasteiger partial charge in [-0.2, -0.15) is 0 Å². The van der Waals surface area contributed by atoms with Gasteiger partial charge in [-0.15, -0.1) is 0 Å². The van der Waals surface area contributed by atoms with Gasteiger partial charge in [0.15, 0.2) is 0 Å². The van der Waals surface area contributed by atoms with Gasteiger partial charge in [-0.3, -0.25) is 0 Å². The Bertz CT molecular complexity index is 369. The standard InChI is InChI=1S/C12H15NO/c14-9-6-8-2-1-3-10(8)11(7-9)12-4-5-13-12/h6-7,12-14H,1-5H2. The summed E-state index contributed by atoms with van der Waals surface area (Å²) < 4.78 is 0. The Labute approximate surface area is 84.0 Å². The summed E-state index contributed by atoms with van der Waals surface area (Å²) in [4.78, 5) is 0. The number of aromatic hydroxyl groups is 1. The molecule has 1 heterocycles. The fourth-order valence-corrected chi connectivity index (χ4v) is 2.59. The van der Waals surface area contributed by atoms with Gasteiger partial charge in [-0.05, 0) is 61.1 Å². The van der Waals surface area contributed by atoms with Gasteiger partial charge >= 0.3 is 0 Å². The van der Waals surface area contributed by atoms with E-state index in [4.69, 9.17) is 0 Å². The first kappa shape index (κ1) is 8.30. The lowest BCUT2D eigenvalue weighted by atomic mass is 9.91. The van der Waals surface area contributed by atoms with E-state index in [0.29, 0.717) is 11.8 Å². The predicted molar refractivity (Wildman–Crippen MR) is 55.5 cm³/mol. The first-order chi connectivity index (χ1) is 6.84. The Hall–Kier alpha value is -1.02. The molecule has 1 fully saturated rings. The average Bonchev–Trinajstić information content (AvgIpc) is 2.47. The first-order valence-corrected chi connectivity index (χ1v) is 5.42. The minimum atomic E-state index is 0.439. The molecule has 14 heavy (non-hydrogen) atoms.